The van der Waals surface area contributed by atoms with E-state index in [9.17, 15) is 14.0 Å². The van der Waals surface area contributed by atoms with Gasteiger partial charge in [0.15, 0.2) is 5.78 Å². The summed E-state index contributed by atoms with van der Waals surface area (Å²) in [6.45, 7) is 4.37. The summed E-state index contributed by atoms with van der Waals surface area (Å²) < 4.78 is 18.5. The highest BCUT2D eigenvalue weighted by Crippen LogP contribution is 2.17. The monoisotopic (exact) mass is 343 g/mol. The van der Waals surface area contributed by atoms with Crippen LogP contribution in [0.15, 0.2) is 42.5 Å². The van der Waals surface area contributed by atoms with Crippen molar-refractivity contribution < 1.29 is 18.7 Å². The summed E-state index contributed by atoms with van der Waals surface area (Å²) in [5, 5.41) is 2.70. The minimum absolute atomic E-state index is 0.0732. The Balaban J connectivity index is 1.85. The number of anilines is 1. The second kappa shape index (κ2) is 8.97. The lowest BCUT2D eigenvalue weighted by Crippen LogP contribution is -2.14. The lowest BCUT2D eigenvalue weighted by Gasteiger charge is -2.08. The summed E-state index contributed by atoms with van der Waals surface area (Å²) in [6.07, 6.45) is 1.11. The van der Waals surface area contributed by atoms with Crippen LogP contribution in [-0.4, -0.2) is 18.3 Å². The number of nitrogens with one attached hydrogen (secondary N) is 1. The first-order chi connectivity index (χ1) is 12.0. The number of hydrogen-bond donors (Lipinski definition) is 1. The van der Waals surface area contributed by atoms with Gasteiger partial charge < -0.3 is 10.1 Å². The van der Waals surface area contributed by atoms with E-state index in [4.69, 9.17) is 4.74 Å². The molecule has 0 radical (unpaired) electrons. The molecule has 2 aromatic carbocycles. The second-order valence-electron chi connectivity index (χ2n) is 5.80. The number of benzene rings is 2. The Kier molecular flexibility index (Phi) is 6.69. The van der Waals surface area contributed by atoms with Crippen LogP contribution < -0.4 is 10.1 Å². The number of amides is 1. The topological polar surface area (TPSA) is 55.4 Å². The Hall–Kier alpha value is -2.69. The molecule has 0 saturated carbocycles. The van der Waals surface area contributed by atoms with Gasteiger partial charge in [-0.3, -0.25) is 9.59 Å². The zero-order valence-electron chi connectivity index (χ0n) is 14.5. The number of halogens is 1. The summed E-state index contributed by atoms with van der Waals surface area (Å²) in [4.78, 5) is 24.1. The van der Waals surface area contributed by atoms with Crippen molar-refractivity contribution in [1.82, 2.24) is 0 Å². The molecule has 0 bridgehead atoms. The van der Waals surface area contributed by atoms with E-state index in [1.54, 1.807) is 31.2 Å². The first kappa shape index (κ1) is 18.6. The molecule has 2 aromatic rings. The van der Waals surface area contributed by atoms with Crippen molar-refractivity contribution in [3.8, 4) is 5.75 Å². The van der Waals surface area contributed by atoms with Crippen LogP contribution >= 0.6 is 0 Å². The minimum atomic E-state index is -0.350. The van der Waals surface area contributed by atoms with Gasteiger partial charge in [-0.1, -0.05) is 6.92 Å². The highest BCUT2D eigenvalue weighted by atomic mass is 19.1. The van der Waals surface area contributed by atoms with Crippen molar-refractivity contribution in [2.75, 3.05) is 11.9 Å². The first-order valence-corrected chi connectivity index (χ1v) is 8.31. The van der Waals surface area contributed by atoms with Crippen molar-refractivity contribution in [3.05, 3.63) is 59.4 Å². The van der Waals surface area contributed by atoms with Crippen LogP contribution in [0.5, 0.6) is 5.75 Å². The van der Waals surface area contributed by atoms with E-state index < -0.39 is 0 Å². The Bertz CT molecular complexity index is 741. The zero-order valence-corrected chi connectivity index (χ0v) is 14.5. The molecule has 0 aromatic heterocycles. The van der Waals surface area contributed by atoms with Crippen LogP contribution in [0.4, 0.5) is 10.1 Å². The van der Waals surface area contributed by atoms with Crippen LogP contribution in [0.3, 0.4) is 0 Å². The van der Waals surface area contributed by atoms with Crippen molar-refractivity contribution >= 4 is 17.4 Å². The number of aryl methyl sites for hydroxylation is 1. The molecular formula is C20H22FNO3. The van der Waals surface area contributed by atoms with Crippen molar-refractivity contribution in [2.45, 2.75) is 33.1 Å². The van der Waals surface area contributed by atoms with Gasteiger partial charge in [0.25, 0.3) is 0 Å². The Morgan fingerprint density at radius 3 is 2.44 bits per heavy atom. The molecule has 132 valence electrons. The fraction of sp³-hybridized carbons (Fsp3) is 0.300. The van der Waals surface area contributed by atoms with Gasteiger partial charge in [-0.05, 0) is 61.4 Å². The van der Waals surface area contributed by atoms with E-state index in [0.717, 1.165) is 12.2 Å². The second-order valence-corrected chi connectivity index (χ2v) is 5.80. The molecule has 0 atom stereocenters. The van der Waals surface area contributed by atoms with Crippen LogP contribution in [-0.2, 0) is 4.79 Å². The normalized spacial score (nSPS) is 10.4. The maximum Gasteiger partial charge on any atom is 0.224 e. The van der Waals surface area contributed by atoms with Gasteiger partial charge in [-0.15, -0.1) is 0 Å². The molecule has 0 heterocycles. The van der Waals surface area contributed by atoms with E-state index in [0.29, 0.717) is 23.4 Å². The standard InChI is InChI=1S/C20H22FNO3/c1-3-12-25-17-7-4-15(5-8-17)19(23)10-11-20(24)22-18-9-6-16(21)13-14(18)2/h4-9,13H,3,10-12H2,1-2H3,(H,22,24). The summed E-state index contributed by atoms with van der Waals surface area (Å²) in [5.74, 6) is -0.000977. The van der Waals surface area contributed by atoms with Gasteiger partial charge in [-0.2, -0.15) is 0 Å². The third kappa shape index (κ3) is 5.71. The average molecular weight is 343 g/mol. The van der Waals surface area contributed by atoms with Crippen LogP contribution in [0.1, 0.15) is 42.1 Å². The van der Waals surface area contributed by atoms with Crippen molar-refractivity contribution in [2.24, 2.45) is 0 Å². The largest absolute Gasteiger partial charge is 0.494 e. The molecule has 0 saturated heterocycles. The highest BCUT2D eigenvalue weighted by Gasteiger charge is 2.11. The van der Waals surface area contributed by atoms with Gasteiger partial charge in [0.1, 0.15) is 11.6 Å². The predicted octanol–water partition coefficient (Wildman–Crippen LogP) is 4.52. The minimum Gasteiger partial charge on any atom is -0.494 e. The van der Waals surface area contributed by atoms with Gasteiger partial charge >= 0.3 is 0 Å². The molecule has 1 N–H and O–H groups in total. The molecule has 0 aliphatic carbocycles. The number of Topliss-reactive ketones (excluding diaryl/α,β-unsaturated/α-hetero) is 1. The maximum atomic E-state index is 13.1. The molecule has 0 spiro atoms. The van der Waals surface area contributed by atoms with Crippen LogP contribution in [0.2, 0.25) is 0 Å². The molecule has 0 aliphatic heterocycles. The quantitative estimate of drug-likeness (QED) is 0.717. The van der Waals surface area contributed by atoms with E-state index in [2.05, 4.69) is 5.32 Å². The van der Waals surface area contributed by atoms with Crippen molar-refractivity contribution in [3.63, 3.8) is 0 Å². The Morgan fingerprint density at radius 2 is 1.80 bits per heavy atom. The molecule has 0 unspecified atom stereocenters. The molecule has 4 nitrogen and oxygen atoms in total. The molecule has 0 aliphatic rings. The fourth-order valence-corrected chi connectivity index (χ4v) is 2.31. The van der Waals surface area contributed by atoms with E-state index in [1.165, 1.54) is 18.2 Å². The number of ketones is 1. The number of carbonyl (C=O) groups is 2. The lowest BCUT2D eigenvalue weighted by molar-refractivity contribution is -0.116. The number of ether oxygens (including phenoxy) is 1. The number of rotatable bonds is 8. The summed E-state index contributed by atoms with van der Waals surface area (Å²) in [6, 6.07) is 11.1. The van der Waals surface area contributed by atoms with Gasteiger partial charge in [0.05, 0.1) is 6.61 Å². The van der Waals surface area contributed by atoms with Crippen molar-refractivity contribution in [1.29, 1.82) is 0 Å². The third-order valence-corrected chi connectivity index (χ3v) is 3.69. The highest BCUT2D eigenvalue weighted by molar-refractivity contribution is 6.00. The molecular weight excluding hydrogens is 321 g/mol. The SMILES string of the molecule is CCCOc1ccc(C(=O)CCC(=O)Nc2ccc(F)cc2C)cc1. The number of hydrogen-bond acceptors (Lipinski definition) is 3. The molecule has 0 fully saturated rings. The zero-order chi connectivity index (χ0) is 18.2. The lowest BCUT2D eigenvalue weighted by atomic mass is 10.1. The third-order valence-electron chi connectivity index (χ3n) is 3.69. The average Bonchev–Trinajstić information content (AvgIpc) is 2.60. The van der Waals surface area contributed by atoms with Crippen LogP contribution in [0.25, 0.3) is 0 Å². The molecule has 25 heavy (non-hydrogen) atoms. The maximum absolute atomic E-state index is 13.1. The fourth-order valence-electron chi connectivity index (χ4n) is 2.31. The van der Waals surface area contributed by atoms with E-state index in [-0.39, 0.29) is 30.3 Å². The van der Waals surface area contributed by atoms with E-state index in [1.807, 2.05) is 6.92 Å². The van der Waals surface area contributed by atoms with Crippen LogP contribution in [0, 0.1) is 12.7 Å². The van der Waals surface area contributed by atoms with E-state index >= 15 is 0 Å². The smallest absolute Gasteiger partial charge is 0.224 e. The number of carbonyl (C=O) groups excluding carboxylic acids is 2. The Labute approximate surface area is 147 Å². The first-order valence-electron chi connectivity index (χ1n) is 8.31. The van der Waals surface area contributed by atoms with Gasteiger partial charge in [0, 0.05) is 24.1 Å². The Morgan fingerprint density at radius 1 is 1.08 bits per heavy atom. The molecule has 5 heteroatoms. The molecule has 2 rings (SSSR count). The predicted molar refractivity (Wildman–Crippen MR) is 95.6 cm³/mol. The molecule has 1 amide bonds. The van der Waals surface area contributed by atoms with Gasteiger partial charge in [-0.25, -0.2) is 4.39 Å². The summed E-state index contributed by atoms with van der Waals surface area (Å²) in [5.41, 5.74) is 1.74. The van der Waals surface area contributed by atoms with Gasteiger partial charge in [0.2, 0.25) is 5.91 Å². The summed E-state index contributed by atoms with van der Waals surface area (Å²) >= 11 is 0. The summed E-state index contributed by atoms with van der Waals surface area (Å²) in [7, 11) is 0.